The summed E-state index contributed by atoms with van der Waals surface area (Å²) >= 11 is 0. The number of hydrogen-bond donors (Lipinski definition) is 2. The van der Waals surface area contributed by atoms with Gasteiger partial charge in [-0.25, -0.2) is 9.97 Å². The van der Waals surface area contributed by atoms with Gasteiger partial charge in [0.1, 0.15) is 23.6 Å². The maximum Gasteiger partial charge on any atom is 0.274 e. The van der Waals surface area contributed by atoms with Crippen molar-refractivity contribution in [2.24, 2.45) is 0 Å². The van der Waals surface area contributed by atoms with E-state index >= 15 is 0 Å². The number of hydrogen-bond acceptors (Lipinski definition) is 5. The number of nitrogens with one attached hydrogen (secondary N) is 2. The molecule has 28 heavy (non-hydrogen) atoms. The molecule has 0 fully saturated rings. The average Bonchev–Trinajstić information content (AvgIpc) is 2.70. The summed E-state index contributed by atoms with van der Waals surface area (Å²) in [5, 5.41) is 6.13. The summed E-state index contributed by atoms with van der Waals surface area (Å²) in [6.07, 6.45) is 1.49. The molecule has 1 unspecified atom stereocenters. The summed E-state index contributed by atoms with van der Waals surface area (Å²) in [7, 11) is 0. The lowest BCUT2D eigenvalue weighted by atomic mass is 10.1. The van der Waals surface area contributed by atoms with Gasteiger partial charge < -0.3 is 15.4 Å². The molecule has 0 saturated carbocycles. The molecule has 1 amide bonds. The minimum Gasteiger partial charge on any atom is -0.491 e. The van der Waals surface area contributed by atoms with Gasteiger partial charge in [-0.3, -0.25) is 4.79 Å². The van der Waals surface area contributed by atoms with Crippen molar-refractivity contribution in [3.05, 3.63) is 78.2 Å². The van der Waals surface area contributed by atoms with E-state index in [0.29, 0.717) is 17.2 Å². The number of anilines is 2. The van der Waals surface area contributed by atoms with E-state index in [4.69, 9.17) is 4.74 Å². The van der Waals surface area contributed by atoms with Crippen molar-refractivity contribution in [1.82, 2.24) is 9.97 Å². The lowest BCUT2D eigenvalue weighted by Crippen LogP contribution is -2.15. The predicted molar refractivity (Wildman–Crippen MR) is 111 cm³/mol. The highest BCUT2D eigenvalue weighted by Gasteiger charge is 2.11. The summed E-state index contributed by atoms with van der Waals surface area (Å²) in [6, 6.07) is 19.0. The van der Waals surface area contributed by atoms with Crippen LogP contribution in [0.4, 0.5) is 11.5 Å². The number of rotatable bonds is 7. The Morgan fingerprint density at radius 3 is 2.36 bits per heavy atom. The molecular weight excluding hydrogens is 352 g/mol. The highest BCUT2D eigenvalue weighted by Crippen LogP contribution is 2.19. The maximum atomic E-state index is 12.5. The Hall–Kier alpha value is -3.41. The van der Waals surface area contributed by atoms with Crippen molar-refractivity contribution in [2.45, 2.75) is 32.9 Å². The molecule has 0 aliphatic rings. The smallest absolute Gasteiger partial charge is 0.274 e. The molecule has 1 aromatic heterocycles. The zero-order valence-electron chi connectivity index (χ0n) is 16.2. The molecule has 3 aromatic rings. The van der Waals surface area contributed by atoms with Crippen LogP contribution in [0.25, 0.3) is 0 Å². The molecule has 0 radical (unpaired) electrons. The SMILES string of the molecule is CC(C)Oc1ccc(NC(=O)c2cc(NC(C)c3ccccc3)ncn2)cc1. The van der Waals surface area contributed by atoms with Gasteiger partial charge in [-0.2, -0.15) is 0 Å². The van der Waals surface area contributed by atoms with Crippen LogP contribution in [0.15, 0.2) is 67.0 Å². The van der Waals surface area contributed by atoms with Crippen LogP contribution in [0.2, 0.25) is 0 Å². The zero-order valence-corrected chi connectivity index (χ0v) is 16.2. The third-order valence-electron chi connectivity index (χ3n) is 4.05. The van der Waals surface area contributed by atoms with Crippen molar-refractivity contribution in [1.29, 1.82) is 0 Å². The van der Waals surface area contributed by atoms with Crippen molar-refractivity contribution < 1.29 is 9.53 Å². The molecule has 1 heterocycles. The number of aromatic nitrogens is 2. The van der Waals surface area contributed by atoms with Crippen molar-refractivity contribution in [2.75, 3.05) is 10.6 Å². The average molecular weight is 376 g/mol. The molecule has 0 saturated heterocycles. The topological polar surface area (TPSA) is 76.1 Å². The highest BCUT2D eigenvalue weighted by atomic mass is 16.5. The molecule has 1 atom stereocenters. The first kappa shape index (κ1) is 19.4. The number of ether oxygens (including phenoxy) is 1. The Morgan fingerprint density at radius 1 is 0.964 bits per heavy atom. The third kappa shape index (κ3) is 5.30. The van der Waals surface area contributed by atoms with Crippen LogP contribution < -0.4 is 15.4 Å². The van der Waals surface area contributed by atoms with Crippen LogP contribution >= 0.6 is 0 Å². The maximum absolute atomic E-state index is 12.5. The second-order valence-electron chi connectivity index (χ2n) is 6.71. The first-order valence-corrected chi connectivity index (χ1v) is 9.23. The molecule has 0 bridgehead atoms. The molecule has 3 rings (SSSR count). The molecule has 0 aliphatic carbocycles. The van der Waals surface area contributed by atoms with Crippen LogP contribution in [-0.2, 0) is 0 Å². The third-order valence-corrected chi connectivity index (χ3v) is 4.05. The van der Waals surface area contributed by atoms with Crippen LogP contribution in [0.1, 0.15) is 42.9 Å². The van der Waals surface area contributed by atoms with E-state index in [0.717, 1.165) is 11.3 Å². The fraction of sp³-hybridized carbons (Fsp3) is 0.227. The van der Waals surface area contributed by atoms with Gasteiger partial charge >= 0.3 is 0 Å². The minimum atomic E-state index is -0.296. The fourth-order valence-corrected chi connectivity index (χ4v) is 2.69. The standard InChI is InChI=1S/C22H24N4O2/c1-15(2)28-19-11-9-18(10-12-19)26-22(27)20-13-21(24-14-23-20)25-16(3)17-7-5-4-6-8-17/h4-16H,1-3H3,(H,26,27)(H,23,24,25). The number of carbonyl (C=O) groups is 1. The monoisotopic (exact) mass is 376 g/mol. The van der Waals surface area contributed by atoms with E-state index in [-0.39, 0.29) is 18.1 Å². The highest BCUT2D eigenvalue weighted by molar-refractivity contribution is 6.03. The normalized spacial score (nSPS) is 11.7. The summed E-state index contributed by atoms with van der Waals surface area (Å²) in [4.78, 5) is 20.8. The minimum absolute atomic E-state index is 0.0560. The first-order valence-electron chi connectivity index (χ1n) is 9.23. The Bertz CT molecular complexity index is 911. The van der Waals surface area contributed by atoms with E-state index in [1.54, 1.807) is 18.2 Å². The van der Waals surface area contributed by atoms with Crippen LogP contribution in [-0.4, -0.2) is 22.0 Å². The van der Waals surface area contributed by atoms with Gasteiger partial charge in [0.15, 0.2) is 0 Å². The van der Waals surface area contributed by atoms with Gasteiger partial charge in [-0.1, -0.05) is 30.3 Å². The van der Waals surface area contributed by atoms with Gasteiger partial charge in [-0.15, -0.1) is 0 Å². The summed E-state index contributed by atoms with van der Waals surface area (Å²) in [5.41, 5.74) is 2.10. The fourth-order valence-electron chi connectivity index (χ4n) is 2.69. The van der Waals surface area contributed by atoms with E-state index in [1.165, 1.54) is 6.33 Å². The lowest BCUT2D eigenvalue weighted by Gasteiger charge is -2.15. The summed E-state index contributed by atoms with van der Waals surface area (Å²) in [6.45, 7) is 5.97. The Morgan fingerprint density at radius 2 is 1.68 bits per heavy atom. The van der Waals surface area contributed by atoms with Gasteiger partial charge in [0.25, 0.3) is 5.91 Å². The number of benzene rings is 2. The van der Waals surface area contributed by atoms with Gasteiger partial charge in [0, 0.05) is 17.8 Å². The number of amides is 1. The van der Waals surface area contributed by atoms with E-state index in [9.17, 15) is 4.79 Å². The van der Waals surface area contributed by atoms with Gasteiger partial charge in [0.05, 0.1) is 6.10 Å². The molecule has 0 aliphatic heterocycles. The zero-order chi connectivity index (χ0) is 19.9. The second-order valence-corrected chi connectivity index (χ2v) is 6.71. The number of carbonyl (C=O) groups excluding carboxylic acids is 1. The van der Waals surface area contributed by atoms with Crippen molar-refractivity contribution in [3.63, 3.8) is 0 Å². The summed E-state index contributed by atoms with van der Waals surface area (Å²) in [5.74, 6) is 1.06. The van der Waals surface area contributed by atoms with Gasteiger partial charge in [-0.05, 0) is 50.6 Å². The first-order chi connectivity index (χ1) is 13.5. The Labute approximate surface area is 165 Å². The summed E-state index contributed by atoms with van der Waals surface area (Å²) < 4.78 is 5.61. The van der Waals surface area contributed by atoms with Crippen LogP contribution in [0.3, 0.4) is 0 Å². The molecule has 2 aromatic carbocycles. The molecule has 6 nitrogen and oxygen atoms in total. The van der Waals surface area contributed by atoms with Crippen LogP contribution in [0, 0.1) is 0 Å². The van der Waals surface area contributed by atoms with Gasteiger partial charge in [0.2, 0.25) is 0 Å². The molecule has 6 heteroatoms. The molecule has 0 spiro atoms. The molecule has 144 valence electrons. The van der Waals surface area contributed by atoms with Crippen molar-refractivity contribution >= 4 is 17.4 Å². The lowest BCUT2D eigenvalue weighted by molar-refractivity contribution is 0.102. The molecular formula is C22H24N4O2. The number of nitrogens with zero attached hydrogens (tertiary/aromatic N) is 2. The van der Waals surface area contributed by atoms with E-state index in [1.807, 2.05) is 63.2 Å². The van der Waals surface area contributed by atoms with Crippen LogP contribution in [0.5, 0.6) is 5.75 Å². The predicted octanol–water partition coefficient (Wildman–Crippen LogP) is 4.69. The quantitative estimate of drug-likeness (QED) is 0.626. The Balaban J connectivity index is 1.65. The molecule has 2 N–H and O–H groups in total. The van der Waals surface area contributed by atoms with E-state index < -0.39 is 0 Å². The largest absolute Gasteiger partial charge is 0.491 e. The van der Waals surface area contributed by atoms with Crippen molar-refractivity contribution in [3.8, 4) is 5.75 Å². The van der Waals surface area contributed by atoms with E-state index in [2.05, 4.69) is 20.6 Å². The Kier molecular flexibility index (Phi) is 6.22. The second kappa shape index (κ2) is 8.99.